The highest BCUT2D eigenvalue weighted by Gasteiger charge is 2.25. The van der Waals surface area contributed by atoms with E-state index < -0.39 is 5.60 Å². The second kappa shape index (κ2) is 8.20. The Kier molecular flexibility index (Phi) is 5.74. The van der Waals surface area contributed by atoms with Gasteiger partial charge in [-0.15, -0.1) is 10.2 Å². The van der Waals surface area contributed by atoms with E-state index in [1.165, 1.54) is 0 Å². The zero-order chi connectivity index (χ0) is 19.3. The Bertz CT molecular complexity index is 796. The average molecular weight is 367 g/mol. The molecule has 3 rings (SSSR count). The first-order valence-electron chi connectivity index (χ1n) is 9.08. The topological polar surface area (TPSA) is 64.5 Å². The lowest BCUT2D eigenvalue weighted by atomic mass is 10.1. The number of hydrogen-bond donors (Lipinski definition) is 0. The maximum atomic E-state index is 12.3. The molecule has 2 heterocycles. The summed E-state index contributed by atoms with van der Waals surface area (Å²) in [4.78, 5) is 14.0. The van der Waals surface area contributed by atoms with Gasteiger partial charge in [0.05, 0.1) is 12.2 Å². The fourth-order valence-corrected chi connectivity index (χ4v) is 2.71. The summed E-state index contributed by atoms with van der Waals surface area (Å²) in [5, 5.41) is 8.41. The smallest absolute Gasteiger partial charge is 0.410 e. The number of carbonyl (C=O) groups excluding carboxylic acids is 1. The van der Waals surface area contributed by atoms with Gasteiger partial charge in [-0.05, 0) is 44.4 Å². The molecule has 2 aromatic rings. The van der Waals surface area contributed by atoms with Crippen molar-refractivity contribution >= 4 is 11.7 Å². The summed E-state index contributed by atoms with van der Waals surface area (Å²) in [5.74, 6) is 0.475. The van der Waals surface area contributed by atoms with Crippen molar-refractivity contribution in [3.8, 4) is 5.88 Å². The number of aromatic nitrogens is 2. The molecule has 6 nitrogen and oxygen atoms in total. The Labute approximate surface area is 159 Å². The molecule has 1 aliphatic rings. The predicted octanol–water partition coefficient (Wildman–Crippen LogP) is 4.08. The molecule has 6 heteroatoms. The van der Waals surface area contributed by atoms with Crippen LogP contribution in [0, 0.1) is 0 Å². The predicted molar refractivity (Wildman–Crippen MR) is 103 cm³/mol. The molecule has 0 bridgehead atoms. The summed E-state index contributed by atoms with van der Waals surface area (Å²) in [7, 11) is 0. The van der Waals surface area contributed by atoms with E-state index in [2.05, 4.69) is 16.3 Å². The fourth-order valence-electron chi connectivity index (χ4n) is 2.71. The van der Waals surface area contributed by atoms with Crippen molar-refractivity contribution in [2.75, 3.05) is 13.1 Å². The molecule has 27 heavy (non-hydrogen) atoms. The summed E-state index contributed by atoms with van der Waals surface area (Å²) < 4.78 is 11.1. The summed E-state index contributed by atoms with van der Waals surface area (Å²) >= 11 is 0. The van der Waals surface area contributed by atoms with Gasteiger partial charge in [-0.2, -0.15) is 0 Å². The molecule has 0 atom stereocenters. The molecule has 1 aliphatic heterocycles. The minimum absolute atomic E-state index is 0.302. The third-order valence-electron chi connectivity index (χ3n) is 4.00. The molecule has 1 aromatic heterocycles. The molecule has 1 aromatic carbocycles. The highest BCUT2D eigenvalue weighted by Crippen LogP contribution is 2.22. The number of carbonyl (C=O) groups is 1. The van der Waals surface area contributed by atoms with Crippen LogP contribution in [0.2, 0.25) is 0 Å². The van der Waals surface area contributed by atoms with E-state index >= 15 is 0 Å². The maximum absolute atomic E-state index is 12.3. The first kappa shape index (κ1) is 18.9. The largest absolute Gasteiger partial charge is 0.472 e. The van der Waals surface area contributed by atoms with Crippen LogP contribution in [0.1, 0.15) is 38.4 Å². The molecule has 0 spiro atoms. The number of ether oxygens (including phenoxy) is 2. The molecule has 0 N–H and O–H groups in total. The van der Waals surface area contributed by atoms with Gasteiger partial charge in [-0.25, -0.2) is 4.79 Å². The van der Waals surface area contributed by atoms with Crippen LogP contribution < -0.4 is 4.74 Å². The molecule has 0 unspecified atom stereocenters. The van der Waals surface area contributed by atoms with Crippen LogP contribution in [-0.2, 0) is 11.3 Å². The second-order valence-corrected chi connectivity index (χ2v) is 7.45. The van der Waals surface area contributed by atoms with Gasteiger partial charge >= 0.3 is 6.09 Å². The Morgan fingerprint density at radius 1 is 1.11 bits per heavy atom. The van der Waals surface area contributed by atoms with Crippen molar-refractivity contribution in [2.24, 2.45) is 0 Å². The normalized spacial score (nSPS) is 14.5. The first-order chi connectivity index (χ1) is 12.9. The van der Waals surface area contributed by atoms with Gasteiger partial charge in [-0.1, -0.05) is 36.4 Å². The quantitative estimate of drug-likeness (QED) is 0.815. The number of hydrogen-bond acceptors (Lipinski definition) is 5. The first-order valence-corrected chi connectivity index (χ1v) is 9.08. The van der Waals surface area contributed by atoms with Crippen molar-refractivity contribution in [1.82, 2.24) is 15.1 Å². The van der Waals surface area contributed by atoms with Crippen molar-refractivity contribution in [3.05, 3.63) is 59.8 Å². The molecular formula is C21H25N3O3. The van der Waals surface area contributed by atoms with Gasteiger partial charge in [0.2, 0.25) is 5.88 Å². The van der Waals surface area contributed by atoms with Crippen molar-refractivity contribution < 1.29 is 14.3 Å². The summed E-state index contributed by atoms with van der Waals surface area (Å²) in [6.07, 6.45) is 2.56. The van der Waals surface area contributed by atoms with E-state index in [1.54, 1.807) is 11.0 Å². The minimum atomic E-state index is -0.504. The summed E-state index contributed by atoms with van der Waals surface area (Å²) in [6.45, 7) is 7.16. The SMILES string of the molecule is CC(C)(C)OC(=O)N1CCC=C(c2ccc(OCc3ccccc3)nn2)C1. The second-order valence-electron chi connectivity index (χ2n) is 7.45. The van der Waals surface area contributed by atoms with Gasteiger partial charge in [0, 0.05) is 12.6 Å². The lowest BCUT2D eigenvalue weighted by Crippen LogP contribution is -2.39. The number of nitrogens with zero attached hydrogens (tertiary/aromatic N) is 3. The number of benzene rings is 1. The van der Waals surface area contributed by atoms with E-state index in [0.29, 0.717) is 25.6 Å². The maximum Gasteiger partial charge on any atom is 0.410 e. The third kappa shape index (κ3) is 5.54. The molecule has 0 radical (unpaired) electrons. The van der Waals surface area contributed by atoms with E-state index in [-0.39, 0.29) is 6.09 Å². The molecule has 0 saturated carbocycles. The van der Waals surface area contributed by atoms with E-state index in [9.17, 15) is 4.79 Å². The molecule has 0 aliphatic carbocycles. The molecule has 0 fully saturated rings. The third-order valence-corrected chi connectivity index (χ3v) is 4.00. The highest BCUT2D eigenvalue weighted by atomic mass is 16.6. The fraction of sp³-hybridized carbons (Fsp3) is 0.381. The van der Waals surface area contributed by atoms with Gasteiger partial charge in [0.15, 0.2) is 0 Å². The van der Waals surface area contributed by atoms with Gasteiger partial charge in [-0.3, -0.25) is 0 Å². The lowest BCUT2D eigenvalue weighted by Gasteiger charge is -2.30. The van der Waals surface area contributed by atoms with Crippen LogP contribution in [0.5, 0.6) is 5.88 Å². The standard InChI is InChI=1S/C21H25N3O3/c1-21(2,3)27-20(25)24-13-7-10-17(14-24)18-11-12-19(23-22-18)26-15-16-8-5-4-6-9-16/h4-6,8-12H,7,13-15H2,1-3H3. The van der Waals surface area contributed by atoms with Crippen LogP contribution >= 0.6 is 0 Å². The number of rotatable bonds is 4. The number of amides is 1. The molecular weight excluding hydrogens is 342 g/mol. The Hall–Kier alpha value is -2.89. The zero-order valence-corrected chi connectivity index (χ0v) is 16.0. The van der Waals surface area contributed by atoms with Crippen molar-refractivity contribution in [2.45, 2.75) is 39.4 Å². The van der Waals surface area contributed by atoms with Crippen LogP contribution in [0.4, 0.5) is 4.79 Å². The Morgan fingerprint density at radius 2 is 1.89 bits per heavy atom. The van der Waals surface area contributed by atoms with Gasteiger partial charge < -0.3 is 14.4 Å². The van der Waals surface area contributed by atoms with Gasteiger partial charge in [0.1, 0.15) is 12.2 Å². The van der Waals surface area contributed by atoms with Crippen LogP contribution in [0.3, 0.4) is 0 Å². The Morgan fingerprint density at radius 3 is 2.56 bits per heavy atom. The van der Waals surface area contributed by atoms with E-state index in [1.807, 2.05) is 57.2 Å². The monoisotopic (exact) mass is 367 g/mol. The Balaban J connectivity index is 1.59. The van der Waals surface area contributed by atoms with E-state index in [0.717, 1.165) is 23.3 Å². The van der Waals surface area contributed by atoms with Gasteiger partial charge in [0.25, 0.3) is 0 Å². The molecule has 142 valence electrons. The summed E-state index contributed by atoms with van der Waals surface area (Å²) in [6, 6.07) is 13.6. The molecule has 0 saturated heterocycles. The summed E-state index contributed by atoms with van der Waals surface area (Å²) in [5.41, 5.74) is 2.28. The molecule has 1 amide bonds. The highest BCUT2D eigenvalue weighted by molar-refractivity contribution is 5.74. The van der Waals surface area contributed by atoms with Crippen LogP contribution in [0.15, 0.2) is 48.5 Å². The lowest BCUT2D eigenvalue weighted by molar-refractivity contribution is 0.0273. The van der Waals surface area contributed by atoms with Crippen LogP contribution in [0.25, 0.3) is 5.57 Å². The van der Waals surface area contributed by atoms with Crippen LogP contribution in [-0.4, -0.2) is 39.9 Å². The minimum Gasteiger partial charge on any atom is -0.472 e. The van der Waals surface area contributed by atoms with Crippen molar-refractivity contribution in [1.29, 1.82) is 0 Å². The van der Waals surface area contributed by atoms with Crippen molar-refractivity contribution in [3.63, 3.8) is 0 Å². The zero-order valence-electron chi connectivity index (χ0n) is 16.0. The van der Waals surface area contributed by atoms with E-state index in [4.69, 9.17) is 9.47 Å². The average Bonchev–Trinajstić information content (AvgIpc) is 2.66.